The van der Waals surface area contributed by atoms with Gasteiger partial charge in [0.25, 0.3) is 0 Å². The van der Waals surface area contributed by atoms with Crippen molar-refractivity contribution in [1.82, 2.24) is 0 Å². The number of benzene rings is 1. The lowest BCUT2D eigenvalue weighted by Crippen LogP contribution is -2.46. The van der Waals surface area contributed by atoms with Gasteiger partial charge in [-0.15, -0.1) is 0 Å². The summed E-state index contributed by atoms with van der Waals surface area (Å²) in [6.45, 7) is 7.83. The fraction of sp³-hybridized carbons (Fsp3) is 0.188. The highest BCUT2D eigenvalue weighted by Crippen LogP contribution is 2.32. The molecular weight excluding hydrogens is 222 g/mol. The largest absolute Gasteiger partial charge is 0.328 e. The summed E-state index contributed by atoms with van der Waals surface area (Å²) in [6.07, 6.45) is 8.48. The first-order valence-electron chi connectivity index (χ1n) is 5.95. The van der Waals surface area contributed by atoms with Crippen LogP contribution < -0.4 is 4.90 Å². The maximum atomic E-state index is 11.6. The molecule has 2 heteroatoms. The minimum Gasteiger partial charge on any atom is -0.328 e. The van der Waals surface area contributed by atoms with Gasteiger partial charge in [0, 0.05) is 11.9 Å². The minimum atomic E-state index is -0.787. The van der Waals surface area contributed by atoms with Crippen molar-refractivity contribution in [2.24, 2.45) is 0 Å². The van der Waals surface area contributed by atoms with Crippen LogP contribution in [-0.4, -0.2) is 11.8 Å². The zero-order valence-electron chi connectivity index (χ0n) is 10.8. The van der Waals surface area contributed by atoms with E-state index in [4.69, 9.17) is 0 Å². The number of hydrogen-bond acceptors (Lipinski definition) is 2. The standard InChI is InChI=1S/C16H17NO/c1-4-16(12-18)11-13(2)9-10-17(16)15-8-6-5-7-14(15)3/h4-12H,1H2,2-3H3. The molecule has 0 N–H and O–H groups in total. The van der Waals surface area contributed by atoms with Crippen LogP contribution in [0.5, 0.6) is 0 Å². The summed E-state index contributed by atoms with van der Waals surface area (Å²) in [5.41, 5.74) is 2.42. The smallest absolute Gasteiger partial charge is 0.153 e. The summed E-state index contributed by atoms with van der Waals surface area (Å²) >= 11 is 0. The molecule has 0 bridgehead atoms. The summed E-state index contributed by atoms with van der Waals surface area (Å²) in [5.74, 6) is 0. The van der Waals surface area contributed by atoms with Crippen LogP contribution in [0.4, 0.5) is 5.69 Å². The van der Waals surface area contributed by atoms with Gasteiger partial charge >= 0.3 is 0 Å². The number of aldehydes is 1. The molecule has 0 amide bonds. The number of rotatable bonds is 3. The first kappa shape index (κ1) is 12.4. The Kier molecular flexibility index (Phi) is 3.19. The molecule has 2 rings (SSSR count). The third-order valence-electron chi connectivity index (χ3n) is 3.25. The average Bonchev–Trinajstić information content (AvgIpc) is 2.39. The van der Waals surface area contributed by atoms with Gasteiger partial charge in [-0.25, -0.2) is 0 Å². The first-order valence-corrected chi connectivity index (χ1v) is 5.95. The van der Waals surface area contributed by atoms with Crippen molar-refractivity contribution in [1.29, 1.82) is 0 Å². The molecule has 0 aliphatic carbocycles. The van der Waals surface area contributed by atoms with Crippen LogP contribution in [-0.2, 0) is 4.79 Å². The average molecular weight is 239 g/mol. The van der Waals surface area contributed by atoms with Gasteiger partial charge in [-0.3, -0.25) is 4.79 Å². The molecule has 0 fully saturated rings. The number of hydrogen-bond donors (Lipinski definition) is 0. The number of carbonyl (C=O) groups is 1. The molecule has 1 heterocycles. The molecule has 2 nitrogen and oxygen atoms in total. The first-order chi connectivity index (χ1) is 8.63. The normalized spacial score (nSPS) is 22.6. The quantitative estimate of drug-likeness (QED) is 0.595. The van der Waals surface area contributed by atoms with Gasteiger partial charge in [0.15, 0.2) is 6.29 Å². The van der Waals surface area contributed by atoms with Crippen molar-refractivity contribution in [3.05, 3.63) is 66.4 Å². The van der Waals surface area contributed by atoms with E-state index in [1.165, 1.54) is 0 Å². The maximum absolute atomic E-state index is 11.6. The fourth-order valence-electron chi connectivity index (χ4n) is 2.22. The highest BCUT2D eigenvalue weighted by molar-refractivity contribution is 5.82. The van der Waals surface area contributed by atoms with Crippen molar-refractivity contribution >= 4 is 12.0 Å². The van der Waals surface area contributed by atoms with Crippen LogP contribution in [0.2, 0.25) is 0 Å². The third kappa shape index (κ3) is 1.90. The van der Waals surface area contributed by atoms with Gasteiger partial charge < -0.3 is 4.90 Å². The van der Waals surface area contributed by atoms with Crippen molar-refractivity contribution < 1.29 is 4.79 Å². The monoisotopic (exact) mass is 239 g/mol. The Labute approximate surface area is 108 Å². The Morgan fingerprint density at radius 3 is 2.61 bits per heavy atom. The van der Waals surface area contributed by atoms with E-state index >= 15 is 0 Å². The predicted molar refractivity (Wildman–Crippen MR) is 75.5 cm³/mol. The Morgan fingerprint density at radius 1 is 1.28 bits per heavy atom. The number of nitrogens with zero attached hydrogens (tertiary/aromatic N) is 1. The summed E-state index contributed by atoms with van der Waals surface area (Å²) in [7, 11) is 0. The van der Waals surface area contributed by atoms with Crippen LogP contribution in [0.25, 0.3) is 0 Å². The second-order valence-corrected chi connectivity index (χ2v) is 4.57. The van der Waals surface area contributed by atoms with E-state index in [1.807, 2.05) is 61.4 Å². The van der Waals surface area contributed by atoms with E-state index in [0.29, 0.717) is 0 Å². The molecule has 1 aliphatic rings. The van der Waals surface area contributed by atoms with Gasteiger partial charge in [0.05, 0.1) is 0 Å². The van der Waals surface area contributed by atoms with E-state index in [-0.39, 0.29) is 0 Å². The fourth-order valence-corrected chi connectivity index (χ4v) is 2.22. The van der Waals surface area contributed by atoms with Crippen LogP contribution in [0.15, 0.2) is 60.8 Å². The molecule has 0 saturated carbocycles. The lowest BCUT2D eigenvalue weighted by atomic mass is 9.92. The highest BCUT2D eigenvalue weighted by atomic mass is 16.1. The Morgan fingerprint density at radius 2 is 2.00 bits per heavy atom. The van der Waals surface area contributed by atoms with Gasteiger partial charge in [-0.1, -0.05) is 36.4 Å². The summed E-state index contributed by atoms with van der Waals surface area (Å²) in [6, 6.07) is 8.01. The van der Waals surface area contributed by atoms with E-state index in [2.05, 4.69) is 6.58 Å². The number of anilines is 1. The number of allylic oxidation sites excluding steroid dienone is 2. The van der Waals surface area contributed by atoms with Crippen molar-refractivity contribution in [3.63, 3.8) is 0 Å². The molecule has 1 unspecified atom stereocenters. The van der Waals surface area contributed by atoms with E-state index < -0.39 is 5.54 Å². The molecule has 92 valence electrons. The Hall–Kier alpha value is -2.09. The molecule has 0 spiro atoms. The molecule has 0 aromatic heterocycles. The van der Waals surface area contributed by atoms with Crippen molar-refractivity contribution in [2.75, 3.05) is 4.90 Å². The van der Waals surface area contributed by atoms with Crippen LogP contribution in [0.1, 0.15) is 12.5 Å². The molecule has 1 aliphatic heterocycles. The lowest BCUT2D eigenvalue weighted by molar-refractivity contribution is -0.109. The predicted octanol–water partition coefficient (Wildman–Crippen LogP) is 3.40. The second kappa shape index (κ2) is 4.65. The maximum Gasteiger partial charge on any atom is 0.153 e. The van der Waals surface area contributed by atoms with Crippen LogP contribution in [0, 0.1) is 6.92 Å². The molecule has 0 radical (unpaired) electrons. The lowest BCUT2D eigenvalue weighted by Gasteiger charge is -2.38. The van der Waals surface area contributed by atoms with Gasteiger partial charge in [-0.2, -0.15) is 0 Å². The number of carbonyl (C=O) groups excluding carboxylic acids is 1. The van der Waals surface area contributed by atoms with Crippen LogP contribution in [0.3, 0.4) is 0 Å². The van der Waals surface area contributed by atoms with Gasteiger partial charge in [0.2, 0.25) is 0 Å². The molecular formula is C16H17NO. The molecule has 18 heavy (non-hydrogen) atoms. The second-order valence-electron chi connectivity index (χ2n) is 4.57. The Balaban J connectivity index is 2.57. The number of aryl methyl sites for hydroxylation is 1. The summed E-state index contributed by atoms with van der Waals surface area (Å²) < 4.78 is 0. The van der Waals surface area contributed by atoms with Crippen molar-refractivity contribution in [3.8, 4) is 0 Å². The molecule has 1 atom stereocenters. The van der Waals surface area contributed by atoms with Crippen molar-refractivity contribution in [2.45, 2.75) is 19.4 Å². The summed E-state index contributed by atoms with van der Waals surface area (Å²) in [4.78, 5) is 13.5. The van der Waals surface area contributed by atoms with E-state index in [0.717, 1.165) is 23.1 Å². The zero-order chi connectivity index (χ0) is 13.2. The zero-order valence-corrected chi connectivity index (χ0v) is 10.8. The summed E-state index contributed by atoms with van der Waals surface area (Å²) in [5, 5.41) is 0. The topological polar surface area (TPSA) is 20.3 Å². The minimum absolute atomic E-state index is 0.787. The van der Waals surface area contributed by atoms with E-state index in [1.54, 1.807) is 6.08 Å². The van der Waals surface area contributed by atoms with E-state index in [9.17, 15) is 4.79 Å². The molecule has 0 saturated heterocycles. The molecule has 1 aromatic carbocycles. The van der Waals surface area contributed by atoms with Gasteiger partial charge in [0.1, 0.15) is 5.54 Å². The number of para-hydroxylation sites is 1. The Bertz CT molecular complexity index is 532. The SMILES string of the molecule is C=CC1(C=O)C=C(C)C=CN1c1ccccc1C. The highest BCUT2D eigenvalue weighted by Gasteiger charge is 2.33. The van der Waals surface area contributed by atoms with Gasteiger partial charge in [-0.05, 0) is 37.6 Å². The van der Waals surface area contributed by atoms with Crippen LogP contribution >= 0.6 is 0 Å². The third-order valence-corrected chi connectivity index (χ3v) is 3.25. The molecule has 1 aromatic rings.